The highest BCUT2D eigenvalue weighted by Gasteiger charge is 2.37. The Labute approximate surface area is 122 Å². The van der Waals surface area contributed by atoms with Gasteiger partial charge in [0, 0.05) is 0 Å². The largest absolute Gasteiger partial charge is 0.464 e. The summed E-state index contributed by atoms with van der Waals surface area (Å²) in [4.78, 5) is 46.6. The highest BCUT2D eigenvalue weighted by molar-refractivity contribution is 6.04. The fourth-order valence-electron chi connectivity index (χ4n) is 1.34. The van der Waals surface area contributed by atoms with Gasteiger partial charge in [-0.1, -0.05) is 0 Å². The zero-order valence-electron chi connectivity index (χ0n) is 12.5. The van der Waals surface area contributed by atoms with Crippen LogP contribution in [-0.4, -0.2) is 54.8 Å². The number of amides is 2. The van der Waals surface area contributed by atoms with Crippen LogP contribution in [-0.2, 0) is 23.8 Å². The van der Waals surface area contributed by atoms with Crippen molar-refractivity contribution in [1.29, 1.82) is 0 Å². The molecular formula is C12H20N2O7. The summed E-state index contributed by atoms with van der Waals surface area (Å²) in [5.74, 6) is -1.67. The first-order chi connectivity index (χ1) is 9.88. The first-order valence-corrected chi connectivity index (χ1v) is 6.45. The van der Waals surface area contributed by atoms with E-state index in [2.05, 4.69) is 4.74 Å². The van der Waals surface area contributed by atoms with Crippen LogP contribution in [0.2, 0.25) is 0 Å². The van der Waals surface area contributed by atoms with E-state index in [1.54, 1.807) is 13.8 Å². The number of ketones is 1. The quantitative estimate of drug-likeness (QED) is 0.331. The van der Waals surface area contributed by atoms with E-state index >= 15 is 0 Å². The normalized spacial score (nSPS) is 11.0. The third kappa shape index (κ3) is 6.11. The van der Waals surface area contributed by atoms with Crippen molar-refractivity contribution in [3.05, 3.63) is 0 Å². The summed E-state index contributed by atoms with van der Waals surface area (Å²) in [6.07, 6.45) is -2.07. The van der Waals surface area contributed by atoms with Gasteiger partial charge in [0.15, 0.2) is 5.78 Å². The molecule has 0 aliphatic heterocycles. The topological polar surface area (TPSA) is 111 Å². The fourth-order valence-corrected chi connectivity index (χ4v) is 1.34. The molecule has 0 aliphatic rings. The van der Waals surface area contributed by atoms with Gasteiger partial charge in [-0.05, 0) is 27.7 Å². The summed E-state index contributed by atoms with van der Waals surface area (Å²) < 4.78 is 14.0. The van der Waals surface area contributed by atoms with Crippen molar-refractivity contribution >= 4 is 23.9 Å². The molecule has 1 atom stereocenters. The van der Waals surface area contributed by atoms with Crippen molar-refractivity contribution in [2.45, 2.75) is 33.7 Å². The molecule has 0 fully saturated rings. The number of esters is 1. The zero-order chi connectivity index (χ0) is 16.4. The predicted octanol–water partition coefficient (Wildman–Crippen LogP) is 0.627. The summed E-state index contributed by atoms with van der Waals surface area (Å²) >= 11 is 0. The lowest BCUT2D eigenvalue weighted by Gasteiger charge is -2.27. The van der Waals surface area contributed by atoms with Crippen LogP contribution in [0.1, 0.15) is 27.7 Å². The van der Waals surface area contributed by atoms with Crippen molar-refractivity contribution in [1.82, 2.24) is 10.4 Å². The van der Waals surface area contributed by atoms with E-state index in [1.165, 1.54) is 6.92 Å². The monoisotopic (exact) mass is 304 g/mol. The van der Waals surface area contributed by atoms with Crippen molar-refractivity contribution in [2.24, 2.45) is 0 Å². The number of hydrogen-bond donors (Lipinski definition) is 1. The molecule has 120 valence electrons. The molecule has 9 nitrogen and oxygen atoms in total. The Morgan fingerprint density at radius 1 is 0.952 bits per heavy atom. The highest BCUT2D eigenvalue weighted by Crippen LogP contribution is 2.05. The lowest BCUT2D eigenvalue weighted by molar-refractivity contribution is -0.153. The Kier molecular flexibility index (Phi) is 8.51. The molecule has 0 saturated heterocycles. The maximum atomic E-state index is 11.8. The van der Waals surface area contributed by atoms with E-state index in [0.717, 1.165) is 6.92 Å². The smallest absolute Gasteiger partial charge is 0.430 e. The van der Waals surface area contributed by atoms with Crippen LogP contribution in [0.15, 0.2) is 0 Å². The Hall–Kier alpha value is -2.32. The number of carbonyl (C=O) groups is 4. The average Bonchev–Trinajstić information content (AvgIpc) is 2.38. The molecule has 0 rings (SSSR count). The van der Waals surface area contributed by atoms with Gasteiger partial charge in [-0.15, -0.1) is 0 Å². The van der Waals surface area contributed by atoms with E-state index < -0.39 is 30.0 Å². The number of nitrogens with zero attached hydrogens (tertiary/aromatic N) is 1. The van der Waals surface area contributed by atoms with Gasteiger partial charge in [-0.2, -0.15) is 5.01 Å². The van der Waals surface area contributed by atoms with Crippen LogP contribution < -0.4 is 5.43 Å². The highest BCUT2D eigenvalue weighted by atomic mass is 16.6. The second kappa shape index (κ2) is 9.56. The summed E-state index contributed by atoms with van der Waals surface area (Å²) in [6.45, 7) is 5.78. The van der Waals surface area contributed by atoms with Crippen molar-refractivity contribution in [3.63, 3.8) is 0 Å². The standard InChI is InChI=1S/C12H20N2O7/c1-5-19-10(16)9(8(4)15)14(12(18)21-7-3)13-11(17)20-6-2/h9H,5-7H2,1-4H3,(H,13,17)/t9-/m1/s1. The third-order valence-electron chi connectivity index (χ3n) is 2.10. The molecule has 0 spiro atoms. The first-order valence-electron chi connectivity index (χ1n) is 6.45. The number of ether oxygens (including phenoxy) is 3. The molecule has 0 bridgehead atoms. The van der Waals surface area contributed by atoms with Gasteiger partial charge in [-0.3, -0.25) is 4.79 Å². The van der Waals surface area contributed by atoms with Crippen molar-refractivity contribution in [3.8, 4) is 0 Å². The lowest BCUT2D eigenvalue weighted by atomic mass is 10.2. The predicted molar refractivity (Wildman–Crippen MR) is 70.1 cm³/mol. The van der Waals surface area contributed by atoms with Crippen LogP contribution in [0, 0.1) is 0 Å². The fraction of sp³-hybridized carbons (Fsp3) is 0.667. The van der Waals surface area contributed by atoms with Gasteiger partial charge in [0.2, 0.25) is 6.04 Å². The average molecular weight is 304 g/mol. The molecule has 21 heavy (non-hydrogen) atoms. The Balaban J connectivity index is 5.28. The van der Waals surface area contributed by atoms with E-state index in [1.807, 2.05) is 5.43 Å². The maximum Gasteiger partial charge on any atom is 0.430 e. The molecule has 2 amide bonds. The molecule has 0 heterocycles. The summed E-state index contributed by atoms with van der Waals surface area (Å²) in [5, 5.41) is 0.460. The van der Waals surface area contributed by atoms with Gasteiger partial charge in [0.25, 0.3) is 0 Å². The number of rotatable bonds is 6. The van der Waals surface area contributed by atoms with Gasteiger partial charge in [-0.25, -0.2) is 19.8 Å². The zero-order valence-corrected chi connectivity index (χ0v) is 12.5. The third-order valence-corrected chi connectivity index (χ3v) is 2.10. The van der Waals surface area contributed by atoms with Crippen LogP contribution in [0.3, 0.4) is 0 Å². The van der Waals surface area contributed by atoms with Crippen LogP contribution in [0.4, 0.5) is 9.59 Å². The second-order valence-corrected chi connectivity index (χ2v) is 3.67. The molecule has 0 aromatic carbocycles. The van der Waals surface area contributed by atoms with Crippen molar-refractivity contribution in [2.75, 3.05) is 19.8 Å². The van der Waals surface area contributed by atoms with Gasteiger partial charge in [0.05, 0.1) is 19.8 Å². The number of nitrogens with one attached hydrogen (secondary N) is 1. The number of hydrazine groups is 1. The van der Waals surface area contributed by atoms with Gasteiger partial charge >= 0.3 is 18.2 Å². The van der Waals surface area contributed by atoms with E-state index in [-0.39, 0.29) is 19.8 Å². The number of carbonyl (C=O) groups excluding carboxylic acids is 4. The number of Topliss-reactive ketones (excluding diaryl/α,β-unsaturated/α-hetero) is 1. The molecule has 9 heteroatoms. The molecule has 0 aromatic rings. The molecule has 0 unspecified atom stereocenters. The van der Waals surface area contributed by atoms with Crippen LogP contribution >= 0.6 is 0 Å². The van der Waals surface area contributed by atoms with Crippen LogP contribution in [0.25, 0.3) is 0 Å². The summed E-state index contributed by atoms with van der Waals surface area (Å²) in [6, 6.07) is -1.64. The number of hydrogen-bond acceptors (Lipinski definition) is 7. The molecule has 0 radical (unpaired) electrons. The molecule has 0 aliphatic carbocycles. The molecule has 0 aromatic heterocycles. The minimum absolute atomic E-state index is 0.00666. The van der Waals surface area contributed by atoms with Crippen LogP contribution in [0.5, 0.6) is 0 Å². The first kappa shape index (κ1) is 18.7. The lowest BCUT2D eigenvalue weighted by Crippen LogP contribution is -2.58. The maximum absolute atomic E-state index is 11.8. The SMILES string of the molecule is CCOC(=O)NN(C(=O)OCC)[C@H](C(C)=O)C(=O)OCC. The van der Waals surface area contributed by atoms with E-state index in [0.29, 0.717) is 5.01 Å². The Morgan fingerprint density at radius 3 is 1.90 bits per heavy atom. The van der Waals surface area contributed by atoms with Crippen molar-refractivity contribution < 1.29 is 33.4 Å². The summed E-state index contributed by atoms with van der Waals surface area (Å²) in [5.41, 5.74) is 2.00. The molecular weight excluding hydrogens is 284 g/mol. The Bertz CT molecular complexity index is 397. The molecule has 1 N–H and O–H groups in total. The minimum Gasteiger partial charge on any atom is -0.464 e. The Morgan fingerprint density at radius 2 is 1.48 bits per heavy atom. The molecule has 0 saturated carbocycles. The van der Waals surface area contributed by atoms with Gasteiger partial charge in [0.1, 0.15) is 0 Å². The second-order valence-electron chi connectivity index (χ2n) is 3.67. The summed E-state index contributed by atoms with van der Waals surface area (Å²) in [7, 11) is 0. The minimum atomic E-state index is -1.64. The van der Waals surface area contributed by atoms with Gasteiger partial charge < -0.3 is 14.2 Å². The van der Waals surface area contributed by atoms with E-state index in [4.69, 9.17) is 9.47 Å². The van der Waals surface area contributed by atoms with E-state index in [9.17, 15) is 19.2 Å².